The number of ether oxygens (including phenoxy) is 2. The van der Waals surface area contributed by atoms with Gasteiger partial charge in [0.05, 0.1) is 19.0 Å². The summed E-state index contributed by atoms with van der Waals surface area (Å²) >= 11 is 0. The van der Waals surface area contributed by atoms with Gasteiger partial charge in [-0.05, 0) is 25.8 Å². The van der Waals surface area contributed by atoms with Gasteiger partial charge < -0.3 is 14.8 Å². The van der Waals surface area contributed by atoms with Gasteiger partial charge in [0.15, 0.2) is 0 Å². The Morgan fingerprint density at radius 1 is 1.27 bits per heavy atom. The molecule has 0 radical (unpaired) electrons. The molecule has 0 saturated heterocycles. The van der Waals surface area contributed by atoms with Crippen LogP contribution in [0.1, 0.15) is 52.9 Å². The number of hydrogen-bond acceptors (Lipinski definition) is 4. The minimum atomic E-state index is -0.800. The summed E-state index contributed by atoms with van der Waals surface area (Å²) in [6, 6.07) is 3.49. The Hall–Kier alpha value is -1.62. The van der Waals surface area contributed by atoms with Crippen molar-refractivity contribution in [1.82, 2.24) is 4.98 Å². The van der Waals surface area contributed by atoms with Crippen molar-refractivity contribution < 1.29 is 14.3 Å². The fourth-order valence-electron chi connectivity index (χ4n) is 2.13. The molecule has 1 rings (SSSR count). The number of methoxy groups -OCH3 is 1. The maximum Gasteiger partial charge on any atom is 0.256 e. The molecule has 1 amide bonds. The van der Waals surface area contributed by atoms with Crippen LogP contribution in [0.4, 0.5) is 5.69 Å². The van der Waals surface area contributed by atoms with Crippen molar-refractivity contribution >= 4 is 11.6 Å². The molecule has 1 heterocycles. The van der Waals surface area contributed by atoms with Gasteiger partial charge in [-0.2, -0.15) is 0 Å². The molecule has 124 valence electrons. The highest BCUT2D eigenvalue weighted by atomic mass is 16.5. The summed E-state index contributed by atoms with van der Waals surface area (Å²) < 4.78 is 10.9. The normalized spacial score (nSPS) is 13.5. The summed E-state index contributed by atoms with van der Waals surface area (Å²) in [5.41, 5.74) is -0.155. The topological polar surface area (TPSA) is 60.5 Å². The molecule has 22 heavy (non-hydrogen) atoms. The number of nitrogens with zero attached hydrogens (tertiary/aromatic N) is 1. The molecule has 5 nitrogen and oxygen atoms in total. The minimum Gasteiger partial charge on any atom is -0.481 e. The number of aromatic nitrogens is 1. The average Bonchev–Trinajstić information content (AvgIpc) is 2.54. The third-order valence-corrected chi connectivity index (χ3v) is 3.57. The predicted molar refractivity (Wildman–Crippen MR) is 88.2 cm³/mol. The average molecular weight is 308 g/mol. The van der Waals surface area contributed by atoms with E-state index in [2.05, 4.69) is 17.2 Å². The van der Waals surface area contributed by atoms with Crippen LogP contribution in [-0.2, 0) is 9.53 Å². The van der Waals surface area contributed by atoms with Crippen molar-refractivity contribution in [2.24, 2.45) is 0 Å². The van der Waals surface area contributed by atoms with Crippen molar-refractivity contribution in [3.63, 3.8) is 0 Å². The van der Waals surface area contributed by atoms with Crippen molar-refractivity contribution in [2.75, 3.05) is 19.0 Å². The largest absolute Gasteiger partial charge is 0.481 e. The third kappa shape index (κ3) is 5.64. The van der Waals surface area contributed by atoms with Crippen LogP contribution in [0.25, 0.3) is 0 Å². The highest BCUT2D eigenvalue weighted by Gasteiger charge is 2.33. The second kappa shape index (κ2) is 9.41. The van der Waals surface area contributed by atoms with Crippen molar-refractivity contribution in [3.8, 4) is 5.88 Å². The highest BCUT2D eigenvalue weighted by Crippen LogP contribution is 2.23. The van der Waals surface area contributed by atoms with E-state index in [-0.39, 0.29) is 5.91 Å². The van der Waals surface area contributed by atoms with Gasteiger partial charge >= 0.3 is 0 Å². The zero-order valence-corrected chi connectivity index (χ0v) is 14.1. The second-order valence-electron chi connectivity index (χ2n) is 5.58. The fourth-order valence-corrected chi connectivity index (χ4v) is 2.13. The van der Waals surface area contributed by atoms with Crippen LogP contribution < -0.4 is 10.1 Å². The Labute approximate surface area is 133 Å². The van der Waals surface area contributed by atoms with Crippen molar-refractivity contribution in [1.29, 1.82) is 0 Å². The number of unbranched alkanes of at least 4 members (excludes halogenated alkanes) is 2. The van der Waals surface area contributed by atoms with E-state index >= 15 is 0 Å². The quantitative estimate of drug-likeness (QED) is 0.668. The minimum absolute atomic E-state index is 0.121. The van der Waals surface area contributed by atoms with Gasteiger partial charge in [0, 0.05) is 12.7 Å². The smallest absolute Gasteiger partial charge is 0.256 e. The molecule has 0 spiro atoms. The van der Waals surface area contributed by atoms with Gasteiger partial charge in [-0.3, -0.25) is 4.79 Å². The van der Waals surface area contributed by atoms with E-state index in [1.54, 1.807) is 25.4 Å². The molecule has 0 aromatic carbocycles. The monoisotopic (exact) mass is 308 g/mol. The van der Waals surface area contributed by atoms with Crippen LogP contribution in [0.15, 0.2) is 18.3 Å². The van der Waals surface area contributed by atoms with E-state index < -0.39 is 5.60 Å². The first-order valence-electron chi connectivity index (χ1n) is 8.01. The van der Waals surface area contributed by atoms with E-state index in [1.165, 1.54) is 0 Å². The molecule has 0 fully saturated rings. The lowest BCUT2D eigenvalue weighted by molar-refractivity contribution is -0.140. The summed E-state index contributed by atoms with van der Waals surface area (Å²) in [6.45, 7) is 6.63. The van der Waals surface area contributed by atoms with Crippen LogP contribution in [0.5, 0.6) is 5.88 Å². The Kier molecular flexibility index (Phi) is 7.88. The van der Waals surface area contributed by atoms with Gasteiger partial charge in [-0.1, -0.05) is 33.1 Å². The van der Waals surface area contributed by atoms with E-state index in [0.717, 1.165) is 32.1 Å². The van der Waals surface area contributed by atoms with Crippen LogP contribution in [0.3, 0.4) is 0 Å². The Balaban J connectivity index is 2.71. The number of rotatable bonds is 10. The molecule has 1 N–H and O–H groups in total. The number of hydrogen-bond donors (Lipinski definition) is 1. The lowest BCUT2D eigenvalue weighted by atomic mass is 9.96. The van der Waals surface area contributed by atoms with Gasteiger partial charge in [-0.25, -0.2) is 4.98 Å². The maximum atomic E-state index is 12.6. The van der Waals surface area contributed by atoms with E-state index in [0.29, 0.717) is 18.2 Å². The lowest BCUT2D eigenvalue weighted by Crippen LogP contribution is -2.43. The zero-order chi connectivity index (χ0) is 16.4. The molecule has 0 saturated carbocycles. The zero-order valence-electron chi connectivity index (χ0n) is 14.1. The first-order chi connectivity index (χ1) is 10.6. The lowest BCUT2D eigenvalue weighted by Gasteiger charge is -2.28. The summed E-state index contributed by atoms with van der Waals surface area (Å²) in [5.74, 6) is 0.398. The molecular formula is C17H28N2O3. The maximum absolute atomic E-state index is 12.6. The predicted octanol–water partition coefficient (Wildman–Crippen LogP) is 3.79. The van der Waals surface area contributed by atoms with Crippen molar-refractivity contribution in [2.45, 2.75) is 58.5 Å². The van der Waals surface area contributed by atoms with Gasteiger partial charge in [0.2, 0.25) is 5.88 Å². The summed E-state index contributed by atoms with van der Waals surface area (Å²) in [4.78, 5) is 16.7. The first-order valence-corrected chi connectivity index (χ1v) is 8.01. The summed E-state index contributed by atoms with van der Waals surface area (Å²) in [7, 11) is 1.56. The molecule has 0 aliphatic heterocycles. The summed E-state index contributed by atoms with van der Waals surface area (Å²) in [6.07, 6.45) is 6.39. The van der Waals surface area contributed by atoms with Crippen LogP contribution in [-0.4, -0.2) is 30.2 Å². The fraction of sp³-hybridized carbons (Fsp3) is 0.647. The Morgan fingerprint density at radius 3 is 2.59 bits per heavy atom. The Bertz CT molecular complexity index is 448. The molecule has 1 atom stereocenters. The Morgan fingerprint density at radius 2 is 2.05 bits per heavy atom. The van der Waals surface area contributed by atoms with E-state index in [4.69, 9.17) is 9.47 Å². The van der Waals surface area contributed by atoms with Crippen LogP contribution in [0, 0.1) is 0 Å². The third-order valence-electron chi connectivity index (χ3n) is 3.57. The molecule has 1 aromatic rings. The standard InChI is InChI=1S/C17H28N2O3/c1-5-7-8-11-17(3,22-12-6-2)16(20)19-14-9-10-15(21-4)18-13-14/h9-10,13H,5-8,11-12H2,1-4H3,(H,19,20)/t17-/m1/s1. The van der Waals surface area contributed by atoms with E-state index in [9.17, 15) is 4.79 Å². The first kappa shape index (κ1) is 18.4. The number of nitrogens with one attached hydrogen (secondary N) is 1. The molecule has 0 aliphatic rings. The number of pyridine rings is 1. The number of amides is 1. The van der Waals surface area contributed by atoms with E-state index in [1.807, 2.05) is 13.8 Å². The number of anilines is 1. The molecule has 1 aromatic heterocycles. The number of carbonyl (C=O) groups excluding carboxylic acids is 1. The number of carbonyl (C=O) groups is 1. The molecule has 0 bridgehead atoms. The summed E-state index contributed by atoms with van der Waals surface area (Å²) in [5, 5.41) is 2.89. The van der Waals surface area contributed by atoms with Crippen molar-refractivity contribution in [3.05, 3.63) is 18.3 Å². The molecule has 5 heteroatoms. The van der Waals surface area contributed by atoms with Gasteiger partial charge in [0.1, 0.15) is 5.60 Å². The molecular weight excluding hydrogens is 280 g/mol. The van der Waals surface area contributed by atoms with Gasteiger partial charge in [-0.15, -0.1) is 0 Å². The van der Waals surface area contributed by atoms with Crippen LogP contribution in [0.2, 0.25) is 0 Å². The molecule has 0 aliphatic carbocycles. The second-order valence-corrected chi connectivity index (χ2v) is 5.58. The SMILES string of the molecule is CCCCC[C@@](C)(OCCC)C(=O)Nc1ccc(OC)nc1. The van der Waals surface area contributed by atoms with Crippen LogP contribution >= 0.6 is 0 Å². The molecule has 0 unspecified atom stereocenters. The van der Waals surface area contributed by atoms with Gasteiger partial charge in [0.25, 0.3) is 5.91 Å². The highest BCUT2D eigenvalue weighted by molar-refractivity contribution is 5.96.